The Hall–Kier alpha value is -0.840. The number of nitrogens with zero attached hydrogens (tertiary/aromatic N) is 1. The Morgan fingerprint density at radius 2 is 2.22 bits per heavy atom. The van der Waals surface area contributed by atoms with Crippen molar-refractivity contribution in [3.05, 3.63) is 23.7 Å². The van der Waals surface area contributed by atoms with Crippen molar-refractivity contribution in [2.75, 3.05) is 39.4 Å². The first-order chi connectivity index (χ1) is 8.93. The van der Waals surface area contributed by atoms with Crippen LogP contribution in [0.15, 0.2) is 16.7 Å². The SMILES string of the molecule is c1cc2c(o1)CCCC2NCCN1CCOCC1. The minimum absolute atomic E-state index is 0.494. The summed E-state index contributed by atoms with van der Waals surface area (Å²) in [6.07, 6.45) is 5.39. The Balaban J connectivity index is 1.46. The number of ether oxygens (including phenoxy) is 1. The highest BCUT2D eigenvalue weighted by Crippen LogP contribution is 2.30. The lowest BCUT2D eigenvalue weighted by Crippen LogP contribution is -2.41. The van der Waals surface area contributed by atoms with Gasteiger partial charge >= 0.3 is 0 Å². The summed E-state index contributed by atoms with van der Waals surface area (Å²) in [4.78, 5) is 2.47. The zero-order valence-corrected chi connectivity index (χ0v) is 10.9. The Labute approximate surface area is 108 Å². The maximum absolute atomic E-state index is 5.52. The molecule has 1 atom stereocenters. The van der Waals surface area contributed by atoms with Crippen molar-refractivity contribution in [3.63, 3.8) is 0 Å². The van der Waals surface area contributed by atoms with Gasteiger partial charge in [-0.15, -0.1) is 0 Å². The van der Waals surface area contributed by atoms with Crippen LogP contribution in [0, 0.1) is 0 Å². The predicted octanol–water partition coefficient (Wildman–Crippen LogP) is 1.58. The van der Waals surface area contributed by atoms with Gasteiger partial charge in [-0.3, -0.25) is 4.90 Å². The second kappa shape index (κ2) is 5.87. The van der Waals surface area contributed by atoms with E-state index in [-0.39, 0.29) is 0 Å². The van der Waals surface area contributed by atoms with Gasteiger partial charge in [-0.2, -0.15) is 0 Å². The minimum atomic E-state index is 0.494. The van der Waals surface area contributed by atoms with Crippen molar-refractivity contribution in [2.45, 2.75) is 25.3 Å². The summed E-state index contributed by atoms with van der Waals surface area (Å²) in [6.45, 7) is 6.08. The van der Waals surface area contributed by atoms with E-state index in [1.54, 1.807) is 0 Å². The number of fused-ring (bicyclic) bond motifs is 1. The topological polar surface area (TPSA) is 37.6 Å². The van der Waals surface area contributed by atoms with Gasteiger partial charge in [0.1, 0.15) is 5.76 Å². The summed E-state index contributed by atoms with van der Waals surface area (Å²) in [5.74, 6) is 1.19. The van der Waals surface area contributed by atoms with E-state index in [0.717, 1.165) is 45.8 Å². The molecular weight excluding hydrogens is 228 g/mol. The molecule has 0 aromatic carbocycles. The highest BCUT2D eigenvalue weighted by molar-refractivity contribution is 5.23. The molecular formula is C14H22N2O2. The second-order valence-electron chi connectivity index (χ2n) is 5.15. The van der Waals surface area contributed by atoms with E-state index in [1.807, 2.05) is 6.26 Å². The summed E-state index contributed by atoms with van der Waals surface area (Å²) < 4.78 is 10.9. The average Bonchev–Trinajstić information content (AvgIpc) is 2.89. The van der Waals surface area contributed by atoms with Crippen molar-refractivity contribution < 1.29 is 9.15 Å². The largest absolute Gasteiger partial charge is 0.469 e. The molecule has 3 rings (SSSR count). The van der Waals surface area contributed by atoms with Gasteiger partial charge in [0, 0.05) is 44.2 Å². The zero-order chi connectivity index (χ0) is 12.2. The first kappa shape index (κ1) is 12.2. The highest BCUT2D eigenvalue weighted by atomic mass is 16.5. The number of aryl methyl sites for hydroxylation is 1. The molecule has 1 aliphatic carbocycles. The van der Waals surface area contributed by atoms with E-state index in [4.69, 9.17) is 9.15 Å². The number of morpholine rings is 1. The minimum Gasteiger partial charge on any atom is -0.469 e. The van der Waals surface area contributed by atoms with E-state index in [2.05, 4.69) is 16.3 Å². The molecule has 1 fully saturated rings. The number of hydrogen-bond donors (Lipinski definition) is 1. The number of furan rings is 1. The molecule has 2 aliphatic rings. The lowest BCUT2D eigenvalue weighted by atomic mass is 9.93. The lowest BCUT2D eigenvalue weighted by Gasteiger charge is -2.28. The number of nitrogens with one attached hydrogen (secondary N) is 1. The van der Waals surface area contributed by atoms with Crippen LogP contribution in [-0.4, -0.2) is 44.3 Å². The molecule has 4 nitrogen and oxygen atoms in total. The van der Waals surface area contributed by atoms with Gasteiger partial charge < -0.3 is 14.5 Å². The molecule has 0 saturated carbocycles. The Kier molecular flexibility index (Phi) is 3.98. The summed E-state index contributed by atoms with van der Waals surface area (Å²) in [6, 6.07) is 2.62. The Bertz CT molecular complexity index is 372. The van der Waals surface area contributed by atoms with Crippen molar-refractivity contribution in [1.82, 2.24) is 10.2 Å². The van der Waals surface area contributed by atoms with Gasteiger partial charge in [0.2, 0.25) is 0 Å². The quantitative estimate of drug-likeness (QED) is 0.880. The molecule has 4 heteroatoms. The fraction of sp³-hybridized carbons (Fsp3) is 0.714. The molecule has 0 radical (unpaired) electrons. The van der Waals surface area contributed by atoms with Crippen LogP contribution in [0.25, 0.3) is 0 Å². The molecule has 1 unspecified atom stereocenters. The molecule has 1 N–H and O–H groups in total. The van der Waals surface area contributed by atoms with Gasteiger partial charge in [0.05, 0.1) is 19.5 Å². The maximum atomic E-state index is 5.52. The van der Waals surface area contributed by atoms with E-state index in [0.29, 0.717) is 6.04 Å². The van der Waals surface area contributed by atoms with E-state index >= 15 is 0 Å². The second-order valence-corrected chi connectivity index (χ2v) is 5.15. The summed E-state index contributed by atoms with van der Waals surface area (Å²) in [5.41, 5.74) is 1.38. The molecule has 100 valence electrons. The molecule has 1 aliphatic heterocycles. The maximum Gasteiger partial charge on any atom is 0.108 e. The normalized spacial score (nSPS) is 25.0. The fourth-order valence-electron chi connectivity index (χ4n) is 2.92. The molecule has 0 spiro atoms. The lowest BCUT2D eigenvalue weighted by molar-refractivity contribution is 0.0380. The highest BCUT2D eigenvalue weighted by Gasteiger charge is 2.22. The molecule has 0 bridgehead atoms. The first-order valence-corrected chi connectivity index (χ1v) is 7.03. The Morgan fingerprint density at radius 1 is 1.33 bits per heavy atom. The van der Waals surface area contributed by atoms with Crippen LogP contribution >= 0.6 is 0 Å². The van der Waals surface area contributed by atoms with Crippen molar-refractivity contribution in [1.29, 1.82) is 0 Å². The van der Waals surface area contributed by atoms with Crippen LogP contribution in [0.1, 0.15) is 30.2 Å². The predicted molar refractivity (Wildman–Crippen MR) is 69.6 cm³/mol. The van der Waals surface area contributed by atoms with Gasteiger partial charge in [-0.25, -0.2) is 0 Å². The standard InChI is InChI=1S/C14H22N2O2/c1-2-13(12-4-9-18-14(12)3-1)15-5-6-16-7-10-17-11-8-16/h4,9,13,15H,1-3,5-8,10-11H2. The third-order valence-corrected chi connectivity index (χ3v) is 3.97. The van der Waals surface area contributed by atoms with Crippen LogP contribution in [0.5, 0.6) is 0 Å². The molecule has 1 saturated heterocycles. The smallest absolute Gasteiger partial charge is 0.108 e. The molecule has 1 aromatic rings. The van der Waals surface area contributed by atoms with Gasteiger partial charge in [0.25, 0.3) is 0 Å². The van der Waals surface area contributed by atoms with Crippen molar-refractivity contribution in [3.8, 4) is 0 Å². The average molecular weight is 250 g/mol. The monoisotopic (exact) mass is 250 g/mol. The number of rotatable bonds is 4. The number of hydrogen-bond acceptors (Lipinski definition) is 4. The van der Waals surface area contributed by atoms with E-state index in [1.165, 1.54) is 24.2 Å². The fourth-order valence-corrected chi connectivity index (χ4v) is 2.92. The zero-order valence-electron chi connectivity index (χ0n) is 10.9. The molecule has 2 heterocycles. The summed E-state index contributed by atoms with van der Waals surface area (Å²) >= 11 is 0. The third-order valence-electron chi connectivity index (χ3n) is 3.97. The summed E-state index contributed by atoms with van der Waals surface area (Å²) in [5, 5.41) is 3.67. The van der Waals surface area contributed by atoms with Crippen molar-refractivity contribution >= 4 is 0 Å². The Morgan fingerprint density at radius 3 is 3.11 bits per heavy atom. The van der Waals surface area contributed by atoms with Crippen LogP contribution in [-0.2, 0) is 11.2 Å². The van der Waals surface area contributed by atoms with Crippen LogP contribution in [0.3, 0.4) is 0 Å². The van der Waals surface area contributed by atoms with E-state index < -0.39 is 0 Å². The van der Waals surface area contributed by atoms with Gasteiger partial charge in [-0.1, -0.05) is 0 Å². The van der Waals surface area contributed by atoms with Gasteiger partial charge in [0.15, 0.2) is 0 Å². The van der Waals surface area contributed by atoms with E-state index in [9.17, 15) is 0 Å². The molecule has 18 heavy (non-hydrogen) atoms. The molecule has 1 aromatic heterocycles. The van der Waals surface area contributed by atoms with Gasteiger partial charge in [-0.05, 0) is 18.9 Å². The van der Waals surface area contributed by atoms with Crippen LogP contribution in [0.4, 0.5) is 0 Å². The van der Waals surface area contributed by atoms with Crippen LogP contribution in [0.2, 0.25) is 0 Å². The summed E-state index contributed by atoms with van der Waals surface area (Å²) in [7, 11) is 0. The van der Waals surface area contributed by atoms with Crippen molar-refractivity contribution in [2.24, 2.45) is 0 Å². The van der Waals surface area contributed by atoms with Crippen LogP contribution < -0.4 is 5.32 Å². The third kappa shape index (κ3) is 2.76. The molecule has 0 amide bonds. The first-order valence-electron chi connectivity index (χ1n) is 7.03.